The predicted molar refractivity (Wildman–Crippen MR) is 61.5 cm³/mol. The molecule has 1 aliphatic rings. The largest absolute Gasteiger partial charge is 0.271 e. The van der Waals surface area contributed by atoms with E-state index in [0.29, 0.717) is 6.04 Å². The van der Waals surface area contributed by atoms with Crippen LogP contribution < -0.4 is 11.3 Å². The fraction of sp³-hybridized carbons (Fsp3) is 0.600. The molecule has 1 fully saturated rings. The van der Waals surface area contributed by atoms with E-state index in [2.05, 4.69) is 11.5 Å². The van der Waals surface area contributed by atoms with Crippen LogP contribution in [0.4, 0.5) is 0 Å². The fourth-order valence-electron chi connectivity index (χ4n) is 1.67. The van der Waals surface area contributed by atoms with Gasteiger partial charge in [0.1, 0.15) is 0 Å². The van der Waals surface area contributed by atoms with Crippen LogP contribution in [-0.2, 0) is 6.42 Å². The van der Waals surface area contributed by atoms with Crippen molar-refractivity contribution in [3.05, 3.63) is 21.3 Å². The van der Waals surface area contributed by atoms with Crippen molar-refractivity contribution in [3.8, 4) is 0 Å². The Kier molecular flexibility index (Phi) is 3.44. The van der Waals surface area contributed by atoms with Gasteiger partial charge in [-0.2, -0.15) is 0 Å². The van der Waals surface area contributed by atoms with Gasteiger partial charge < -0.3 is 0 Å². The van der Waals surface area contributed by atoms with Crippen LogP contribution in [0.2, 0.25) is 4.34 Å². The predicted octanol–water partition coefficient (Wildman–Crippen LogP) is 2.58. The molecule has 1 atom stereocenters. The number of nitrogens with one attached hydrogen (secondary N) is 1. The summed E-state index contributed by atoms with van der Waals surface area (Å²) < 4.78 is 0.863. The monoisotopic (exact) mass is 230 g/mol. The normalized spacial score (nSPS) is 18.4. The van der Waals surface area contributed by atoms with Crippen molar-refractivity contribution in [2.75, 3.05) is 0 Å². The third-order valence-electron chi connectivity index (χ3n) is 2.63. The Morgan fingerprint density at radius 1 is 1.57 bits per heavy atom. The van der Waals surface area contributed by atoms with Gasteiger partial charge >= 0.3 is 0 Å². The number of hydrazine groups is 1. The molecule has 0 spiro atoms. The SMILES string of the molecule is NNC(Cc1ccc(Cl)s1)CC1CC1. The Morgan fingerprint density at radius 3 is 2.86 bits per heavy atom. The van der Waals surface area contributed by atoms with Crippen LogP contribution in [0.15, 0.2) is 12.1 Å². The Hall–Kier alpha value is -0.0900. The van der Waals surface area contributed by atoms with Crippen LogP contribution >= 0.6 is 22.9 Å². The zero-order valence-electron chi connectivity index (χ0n) is 8.00. The van der Waals surface area contributed by atoms with E-state index in [0.717, 1.165) is 16.7 Å². The molecule has 1 unspecified atom stereocenters. The zero-order chi connectivity index (χ0) is 9.97. The van der Waals surface area contributed by atoms with Gasteiger partial charge in [0.05, 0.1) is 4.34 Å². The molecule has 1 aromatic rings. The lowest BCUT2D eigenvalue weighted by molar-refractivity contribution is 0.468. The average Bonchev–Trinajstić information content (AvgIpc) is 2.89. The first-order valence-electron chi connectivity index (χ1n) is 4.98. The number of hydrogen-bond donors (Lipinski definition) is 2. The summed E-state index contributed by atoms with van der Waals surface area (Å²) in [6.07, 6.45) is 4.96. The molecule has 0 saturated heterocycles. The topological polar surface area (TPSA) is 38.0 Å². The van der Waals surface area contributed by atoms with E-state index in [9.17, 15) is 0 Å². The fourth-order valence-corrected chi connectivity index (χ4v) is 2.84. The molecule has 0 aromatic carbocycles. The van der Waals surface area contributed by atoms with Gasteiger partial charge in [-0.1, -0.05) is 24.4 Å². The third kappa shape index (κ3) is 2.95. The molecule has 14 heavy (non-hydrogen) atoms. The molecule has 0 aliphatic heterocycles. The summed E-state index contributed by atoms with van der Waals surface area (Å²) in [4.78, 5) is 1.32. The van der Waals surface area contributed by atoms with Crippen molar-refractivity contribution < 1.29 is 0 Å². The molecule has 3 N–H and O–H groups in total. The molecule has 2 nitrogen and oxygen atoms in total. The molecule has 1 aromatic heterocycles. The lowest BCUT2D eigenvalue weighted by atomic mass is 10.1. The van der Waals surface area contributed by atoms with Gasteiger partial charge in [0, 0.05) is 10.9 Å². The number of hydrogen-bond acceptors (Lipinski definition) is 3. The zero-order valence-corrected chi connectivity index (χ0v) is 9.57. The first kappa shape index (κ1) is 10.4. The van der Waals surface area contributed by atoms with Crippen molar-refractivity contribution in [2.45, 2.75) is 31.7 Å². The molecule has 78 valence electrons. The van der Waals surface area contributed by atoms with E-state index in [4.69, 9.17) is 17.4 Å². The second-order valence-electron chi connectivity index (χ2n) is 3.95. The van der Waals surface area contributed by atoms with E-state index < -0.39 is 0 Å². The minimum Gasteiger partial charge on any atom is -0.271 e. The van der Waals surface area contributed by atoms with Gasteiger partial charge in [-0.15, -0.1) is 11.3 Å². The van der Waals surface area contributed by atoms with Gasteiger partial charge in [0.2, 0.25) is 0 Å². The molecule has 0 amide bonds. The molecule has 0 bridgehead atoms. The van der Waals surface area contributed by atoms with Crippen LogP contribution in [0.1, 0.15) is 24.1 Å². The summed E-state index contributed by atoms with van der Waals surface area (Å²) in [6.45, 7) is 0. The third-order valence-corrected chi connectivity index (χ3v) is 3.88. The van der Waals surface area contributed by atoms with Crippen LogP contribution in [0.5, 0.6) is 0 Å². The van der Waals surface area contributed by atoms with Crippen molar-refractivity contribution >= 4 is 22.9 Å². The average molecular weight is 231 g/mol. The van der Waals surface area contributed by atoms with Gasteiger partial charge in [0.25, 0.3) is 0 Å². The minimum atomic E-state index is 0.414. The molecular weight excluding hydrogens is 216 g/mol. The minimum absolute atomic E-state index is 0.414. The van der Waals surface area contributed by atoms with Gasteiger partial charge in [-0.25, -0.2) is 0 Å². The van der Waals surface area contributed by atoms with Crippen LogP contribution in [0.3, 0.4) is 0 Å². The van der Waals surface area contributed by atoms with Crippen molar-refractivity contribution in [2.24, 2.45) is 11.8 Å². The van der Waals surface area contributed by atoms with E-state index in [1.165, 1.54) is 24.1 Å². The molecule has 0 radical (unpaired) electrons. The summed E-state index contributed by atoms with van der Waals surface area (Å²) in [5.41, 5.74) is 2.89. The summed E-state index contributed by atoms with van der Waals surface area (Å²) in [5.74, 6) is 6.43. The van der Waals surface area contributed by atoms with Crippen LogP contribution in [-0.4, -0.2) is 6.04 Å². The van der Waals surface area contributed by atoms with Crippen molar-refractivity contribution in [3.63, 3.8) is 0 Å². The van der Waals surface area contributed by atoms with Crippen LogP contribution in [0.25, 0.3) is 0 Å². The molecule has 1 aliphatic carbocycles. The second-order valence-corrected chi connectivity index (χ2v) is 5.75. The first-order valence-corrected chi connectivity index (χ1v) is 6.17. The highest BCUT2D eigenvalue weighted by Crippen LogP contribution is 2.34. The highest BCUT2D eigenvalue weighted by Gasteiger charge is 2.25. The maximum Gasteiger partial charge on any atom is 0.0931 e. The molecule has 2 rings (SSSR count). The lowest BCUT2D eigenvalue weighted by Gasteiger charge is -2.13. The van der Waals surface area contributed by atoms with Gasteiger partial charge in [0.15, 0.2) is 0 Å². The Morgan fingerprint density at radius 2 is 2.36 bits per heavy atom. The van der Waals surface area contributed by atoms with E-state index >= 15 is 0 Å². The first-order chi connectivity index (χ1) is 6.78. The van der Waals surface area contributed by atoms with Crippen LogP contribution in [0, 0.1) is 5.92 Å². The van der Waals surface area contributed by atoms with E-state index in [1.54, 1.807) is 11.3 Å². The number of halogens is 1. The highest BCUT2D eigenvalue weighted by atomic mass is 35.5. The number of rotatable bonds is 5. The number of nitrogens with two attached hydrogens (primary N) is 1. The summed E-state index contributed by atoms with van der Waals surface area (Å²) in [5, 5.41) is 0. The van der Waals surface area contributed by atoms with E-state index in [-0.39, 0.29) is 0 Å². The van der Waals surface area contributed by atoms with Crippen molar-refractivity contribution in [1.82, 2.24) is 5.43 Å². The summed E-state index contributed by atoms with van der Waals surface area (Å²) in [6, 6.07) is 4.45. The molecule has 1 saturated carbocycles. The summed E-state index contributed by atoms with van der Waals surface area (Å²) in [7, 11) is 0. The van der Waals surface area contributed by atoms with Gasteiger partial charge in [-0.05, 0) is 30.9 Å². The lowest BCUT2D eigenvalue weighted by Crippen LogP contribution is -2.36. The smallest absolute Gasteiger partial charge is 0.0931 e. The summed E-state index contributed by atoms with van der Waals surface area (Å²) >= 11 is 7.52. The molecule has 1 heterocycles. The standard InChI is InChI=1S/C10H15ClN2S/c11-10-4-3-9(14-10)6-8(13-12)5-7-1-2-7/h3-4,7-8,13H,1-2,5-6,12H2. The van der Waals surface area contributed by atoms with Gasteiger partial charge in [-0.3, -0.25) is 11.3 Å². The Bertz CT molecular complexity index is 296. The van der Waals surface area contributed by atoms with E-state index in [1.807, 2.05) is 6.07 Å². The number of thiophene rings is 1. The highest BCUT2D eigenvalue weighted by molar-refractivity contribution is 7.16. The Labute approximate surface area is 93.4 Å². The second kappa shape index (κ2) is 4.62. The quantitative estimate of drug-likeness (QED) is 0.603. The molecule has 4 heteroatoms. The maximum atomic E-state index is 5.87. The Balaban J connectivity index is 1.86. The van der Waals surface area contributed by atoms with Crippen molar-refractivity contribution in [1.29, 1.82) is 0 Å². The maximum absolute atomic E-state index is 5.87. The molecular formula is C10H15ClN2S.